The lowest BCUT2D eigenvalue weighted by atomic mass is 9.85. The first kappa shape index (κ1) is 12.6. The van der Waals surface area contributed by atoms with Crippen LogP contribution in [-0.4, -0.2) is 11.8 Å². The molecule has 0 aromatic heterocycles. The molecule has 0 unspecified atom stereocenters. The quantitative estimate of drug-likeness (QED) is 0.854. The first-order valence-corrected chi connectivity index (χ1v) is 6.29. The van der Waals surface area contributed by atoms with Crippen LogP contribution in [0.5, 0.6) is 0 Å². The zero-order valence-corrected chi connectivity index (χ0v) is 10.5. The van der Waals surface area contributed by atoms with E-state index in [4.69, 9.17) is 0 Å². The van der Waals surface area contributed by atoms with Crippen molar-refractivity contribution in [2.45, 2.75) is 32.7 Å². The summed E-state index contributed by atoms with van der Waals surface area (Å²) < 4.78 is 0. The van der Waals surface area contributed by atoms with Crippen molar-refractivity contribution in [1.29, 1.82) is 0 Å². The van der Waals surface area contributed by atoms with Crippen LogP contribution in [-0.2, 0) is 16.1 Å². The minimum Gasteiger partial charge on any atom is -0.352 e. The second-order valence-corrected chi connectivity index (χ2v) is 4.72. The maximum absolute atomic E-state index is 11.6. The Hall–Kier alpha value is -1.84. The van der Waals surface area contributed by atoms with E-state index in [1.54, 1.807) is 0 Å². The van der Waals surface area contributed by atoms with Gasteiger partial charge in [0.2, 0.25) is 11.8 Å². The van der Waals surface area contributed by atoms with E-state index in [1.807, 2.05) is 24.3 Å². The van der Waals surface area contributed by atoms with E-state index >= 15 is 0 Å². The number of hydrogen-bond donors (Lipinski definition) is 2. The average Bonchev–Trinajstić information content (AvgIpc) is 2.25. The highest BCUT2D eigenvalue weighted by Crippen LogP contribution is 2.26. The van der Waals surface area contributed by atoms with Crippen LogP contribution in [0.25, 0.3) is 0 Å². The van der Waals surface area contributed by atoms with Crippen molar-refractivity contribution in [3.05, 3.63) is 29.8 Å². The van der Waals surface area contributed by atoms with Gasteiger partial charge >= 0.3 is 0 Å². The number of nitrogens with one attached hydrogen (secondary N) is 2. The highest BCUT2D eigenvalue weighted by atomic mass is 16.2. The van der Waals surface area contributed by atoms with Crippen LogP contribution >= 0.6 is 0 Å². The molecule has 0 atom stereocenters. The Bertz CT molecular complexity index is 436. The summed E-state index contributed by atoms with van der Waals surface area (Å²) >= 11 is 0. The van der Waals surface area contributed by atoms with Gasteiger partial charge in [-0.1, -0.05) is 18.6 Å². The highest BCUT2D eigenvalue weighted by Gasteiger charge is 2.24. The SMILES string of the molecule is CC(=O)Nc1ccc(CNC(=O)C2CCC2)cc1. The smallest absolute Gasteiger partial charge is 0.223 e. The molecular weight excluding hydrogens is 228 g/mol. The fourth-order valence-electron chi connectivity index (χ4n) is 1.91. The summed E-state index contributed by atoms with van der Waals surface area (Å²) in [6.45, 7) is 2.03. The largest absolute Gasteiger partial charge is 0.352 e. The van der Waals surface area contributed by atoms with E-state index < -0.39 is 0 Å². The Morgan fingerprint density at radius 2 is 1.89 bits per heavy atom. The second kappa shape index (κ2) is 5.67. The molecule has 2 rings (SSSR count). The second-order valence-electron chi connectivity index (χ2n) is 4.72. The molecule has 1 aromatic rings. The number of amides is 2. The Morgan fingerprint density at radius 1 is 1.22 bits per heavy atom. The summed E-state index contributed by atoms with van der Waals surface area (Å²) in [6, 6.07) is 7.50. The van der Waals surface area contributed by atoms with Gasteiger partial charge in [0, 0.05) is 25.1 Å². The minimum atomic E-state index is -0.0824. The molecule has 4 heteroatoms. The van der Waals surface area contributed by atoms with Gasteiger partial charge in [0.1, 0.15) is 0 Å². The summed E-state index contributed by atoms with van der Waals surface area (Å²) in [7, 11) is 0. The van der Waals surface area contributed by atoms with Crippen molar-refractivity contribution in [3.63, 3.8) is 0 Å². The van der Waals surface area contributed by atoms with Crippen LogP contribution in [0.4, 0.5) is 5.69 Å². The van der Waals surface area contributed by atoms with Crippen LogP contribution in [0.2, 0.25) is 0 Å². The van der Waals surface area contributed by atoms with E-state index in [1.165, 1.54) is 13.3 Å². The Kier molecular flexibility index (Phi) is 3.97. The lowest BCUT2D eigenvalue weighted by molar-refractivity contribution is -0.127. The fraction of sp³-hybridized carbons (Fsp3) is 0.429. The van der Waals surface area contributed by atoms with Gasteiger partial charge in [-0.2, -0.15) is 0 Å². The molecule has 0 heterocycles. The maximum Gasteiger partial charge on any atom is 0.223 e. The third kappa shape index (κ3) is 3.32. The van der Waals surface area contributed by atoms with Crippen LogP contribution < -0.4 is 10.6 Å². The van der Waals surface area contributed by atoms with Gasteiger partial charge in [0.25, 0.3) is 0 Å². The molecule has 0 spiro atoms. The topological polar surface area (TPSA) is 58.2 Å². The normalized spacial score (nSPS) is 14.7. The molecule has 96 valence electrons. The van der Waals surface area contributed by atoms with Crippen LogP contribution in [0.1, 0.15) is 31.7 Å². The number of hydrogen-bond acceptors (Lipinski definition) is 2. The van der Waals surface area contributed by atoms with Gasteiger partial charge in [-0.25, -0.2) is 0 Å². The van der Waals surface area contributed by atoms with E-state index in [-0.39, 0.29) is 17.7 Å². The number of carbonyl (C=O) groups excluding carboxylic acids is 2. The number of benzene rings is 1. The van der Waals surface area contributed by atoms with Crippen molar-refractivity contribution < 1.29 is 9.59 Å². The number of carbonyl (C=O) groups is 2. The van der Waals surface area contributed by atoms with Crippen molar-refractivity contribution in [1.82, 2.24) is 5.32 Å². The molecule has 0 aliphatic heterocycles. The lowest BCUT2D eigenvalue weighted by Gasteiger charge is -2.24. The fourth-order valence-corrected chi connectivity index (χ4v) is 1.91. The summed E-state index contributed by atoms with van der Waals surface area (Å²) in [6.07, 6.45) is 3.21. The van der Waals surface area contributed by atoms with Gasteiger partial charge in [0.05, 0.1) is 0 Å². The lowest BCUT2D eigenvalue weighted by Crippen LogP contribution is -2.33. The van der Waals surface area contributed by atoms with E-state index in [0.29, 0.717) is 6.54 Å². The zero-order valence-electron chi connectivity index (χ0n) is 10.5. The molecule has 18 heavy (non-hydrogen) atoms. The molecule has 0 bridgehead atoms. The minimum absolute atomic E-state index is 0.0824. The predicted octanol–water partition coefficient (Wildman–Crippen LogP) is 2.06. The van der Waals surface area contributed by atoms with Crippen molar-refractivity contribution >= 4 is 17.5 Å². The van der Waals surface area contributed by atoms with E-state index in [2.05, 4.69) is 10.6 Å². The first-order valence-electron chi connectivity index (χ1n) is 6.29. The third-order valence-corrected chi connectivity index (χ3v) is 3.22. The zero-order chi connectivity index (χ0) is 13.0. The Labute approximate surface area is 107 Å². The summed E-state index contributed by atoms with van der Waals surface area (Å²) in [4.78, 5) is 22.5. The molecule has 1 aliphatic rings. The predicted molar refractivity (Wildman–Crippen MR) is 69.9 cm³/mol. The van der Waals surface area contributed by atoms with Crippen LogP contribution in [0, 0.1) is 5.92 Å². The van der Waals surface area contributed by atoms with Gasteiger partial charge in [0.15, 0.2) is 0 Å². The summed E-state index contributed by atoms with van der Waals surface area (Å²) in [5.74, 6) is 0.303. The van der Waals surface area contributed by atoms with E-state index in [0.717, 1.165) is 24.1 Å². The van der Waals surface area contributed by atoms with Crippen molar-refractivity contribution in [2.24, 2.45) is 5.92 Å². The van der Waals surface area contributed by atoms with Gasteiger partial charge in [-0.05, 0) is 30.5 Å². The maximum atomic E-state index is 11.6. The standard InChI is InChI=1S/C14H18N2O2/c1-10(17)16-13-7-5-11(6-8-13)9-15-14(18)12-3-2-4-12/h5-8,12H,2-4,9H2,1H3,(H,15,18)(H,16,17). The van der Waals surface area contributed by atoms with Crippen LogP contribution in [0.3, 0.4) is 0 Å². The first-order chi connectivity index (χ1) is 8.65. The van der Waals surface area contributed by atoms with E-state index in [9.17, 15) is 9.59 Å². The van der Waals surface area contributed by atoms with Crippen LogP contribution in [0.15, 0.2) is 24.3 Å². The number of rotatable bonds is 4. The van der Waals surface area contributed by atoms with Gasteiger partial charge in [-0.3, -0.25) is 9.59 Å². The Balaban J connectivity index is 1.82. The summed E-state index contributed by atoms with van der Waals surface area (Å²) in [5.41, 5.74) is 1.81. The highest BCUT2D eigenvalue weighted by molar-refractivity contribution is 5.88. The van der Waals surface area contributed by atoms with Crippen molar-refractivity contribution in [2.75, 3.05) is 5.32 Å². The molecule has 1 aliphatic carbocycles. The molecule has 0 radical (unpaired) electrons. The van der Waals surface area contributed by atoms with Gasteiger partial charge in [-0.15, -0.1) is 0 Å². The molecule has 2 amide bonds. The molecule has 4 nitrogen and oxygen atoms in total. The molecule has 1 fully saturated rings. The average molecular weight is 246 g/mol. The monoisotopic (exact) mass is 246 g/mol. The molecular formula is C14H18N2O2. The molecule has 1 aromatic carbocycles. The Morgan fingerprint density at radius 3 is 2.39 bits per heavy atom. The summed E-state index contributed by atoms with van der Waals surface area (Å²) in [5, 5.41) is 5.64. The molecule has 0 saturated heterocycles. The number of anilines is 1. The van der Waals surface area contributed by atoms with Gasteiger partial charge < -0.3 is 10.6 Å². The third-order valence-electron chi connectivity index (χ3n) is 3.22. The molecule has 1 saturated carbocycles. The van der Waals surface area contributed by atoms with Crippen molar-refractivity contribution in [3.8, 4) is 0 Å². The molecule has 2 N–H and O–H groups in total.